The Bertz CT molecular complexity index is 1680. The molecule has 0 saturated carbocycles. The summed E-state index contributed by atoms with van der Waals surface area (Å²) in [7, 11) is 0. The number of benzene rings is 5. The molecular formula is C28H17NO5. The number of hydrogen-bond donors (Lipinski definition) is 0. The van der Waals surface area contributed by atoms with Gasteiger partial charge < -0.3 is 4.74 Å². The van der Waals surface area contributed by atoms with E-state index >= 15 is 0 Å². The fourth-order valence-electron chi connectivity index (χ4n) is 5.68. The summed E-state index contributed by atoms with van der Waals surface area (Å²) in [5.74, 6) is -1.83. The molecule has 0 N–H and O–H groups in total. The number of cyclic esters (lactones) is 2. The molecule has 0 saturated heterocycles. The van der Waals surface area contributed by atoms with E-state index in [1.165, 1.54) is 4.90 Å². The lowest BCUT2D eigenvalue weighted by atomic mass is 9.83. The van der Waals surface area contributed by atoms with Crippen molar-refractivity contribution in [3.8, 4) is 0 Å². The van der Waals surface area contributed by atoms with E-state index < -0.39 is 11.9 Å². The van der Waals surface area contributed by atoms with Crippen molar-refractivity contribution in [2.24, 2.45) is 0 Å². The Morgan fingerprint density at radius 1 is 0.588 bits per heavy atom. The third-order valence-corrected chi connectivity index (χ3v) is 7.21. The van der Waals surface area contributed by atoms with Crippen LogP contribution in [0.2, 0.25) is 0 Å². The normalized spacial score (nSPS) is 15.4. The highest BCUT2D eigenvalue weighted by atomic mass is 16.6. The van der Waals surface area contributed by atoms with Gasteiger partial charge in [-0.25, -0.2) is 9.59 Å². The first kappa shape index (κ1) is 19.2. The van der Waals surface area contributed by atoms with Gasteiger partial charge in [0.2, 0.25) is 0 Å². The summed E-state index contributed by atoms with van der Waals surface area (Å²) in [6.07, 6.45) is 1.64. The average molecular weight is 447 g/mol. The van der Waals surface area contributed by atoms with Crippen LogP contribution in [0.15, 0.2) is 48.5 Å². The predicted molar refractivity (Wildman–Crippen MR) is 128 cm³/mol. The number of hydrogen-bond acceptors (Lipinski definition) is 5. The van der Waals surface area contributed by atoms with Crippen LogP contribution < -0.4 is 0 Å². The standard InChI is InChI=1S/C28H17NO5/c1-2-3-12-29-25(30)17-8-4-13-15-6-10-19-24-20(28(33)34-27(19)32)11-7-16(22(15)24)14-5-9-18(26(29)31)23(17)21(13)14/h4-11H,2-3,12H2,1H3. The van der Waals surface area contributed by atoms with E-state index in [0.29, 0.717) is 39.6 Å². The number of carbonyl (C=O) groups excluding carboxylic acids is 4. The molecule has 2 heterocycles. The summed E-state index contributed by atoms with van der Waals surface area (Å²) in [5, 5.41) is 6.41. The van der Waals surface area contributed by atoms with Crippen LogP contribution in [0.25, 0.3) is 43.1 Å². The number of esters is 2. The van der Waals surface area contributed by atoms with Crippen LogP contribution in [0, 0.1) is 0 Å². The van der Waals surface area contributed by atoms with Crippen molar-refractivity contribution < 1.29 is 23.9 Å². The Balaban J connectivity index is 1.65. The van der Waals surface area contributed by atoms with Crippen molar-refractivity contribution in [3.63, 3.8) is 0 Å². The Morgan fingerprint density at radius 3 is 1.44 bits per heavy atom. The monoisotopic (exact) mass is 447 g/mol. The summed E-state index contributed by atoms with van der Waals surface area (Å²) in [6, 6.07) is 14.5. The number of carbonyl (C=O) groups is 4. The van der Waals surface area contributed by atoms with Gasteiger partial charge in [-0.15, -0.1) is 0 Å². The number of fused-ring (bicyclic) bond motifs is 2. The maximum atomic E-state index is 13.3. The molecule has 2 aliphatic rings. The lowest BCUT2D eigenvalue weighted by Crippen LogP contribution is -2.40. The summed E-state index contributed by atoms with van der Waals surface area (Å²) in [6.45, 7) is 2.43. The first-order chi connectivity index (χ1) is 16.5. The van der Waals surface area contributed by atoms with Crippen molar-refractivity contribution in [1.29, 1.82) is 0 Å². The Hall–Kier alpha value is -4.32. The van der Waals surface area contributed by atoms with Crippen molar-refractivity contribution in [1.82, 2.24) is 4.90 Å². The van der Waals surface area contributed by atoms with Crippen molar-refractivity contribution >= 4 is 66.8 Å². The van der Waals surface area contributed by atoms with Crippen LogP contribution in [0.4, 0.5) is 0 Å². The SMILES string of the molecule is CCCCN1C(=O)c2ccc3c4ccc5c6c(ccc(c7ccc(c2c37)C1=O)c64)C(=O)OC5=O. The van der Waals surface area contributed by atoms with Crippen LogP contribution in [0.5, 0.6) is 0 Å². The molecule has 0 atom stereocenters. The van der Waals surface area contributed by atoms with Gasteiger partial charge in [-0.05, 0) is 63.0 Å². The summed E-state index contributed by atoms with van der Waals surface area (Å²) >= 11 is 0. The van der Waals surface area contributed by atoms with E-state index in [-0.39, 0.29) is 11.8 Å². The molecule has 0 fully saturated rings. The minimum atomic E-state index is -0.652. The third kappa shape index (κ3) is 2.15. The highest BCUT2D eigenvalue weighted by Gasteiger charge is 2.35. The molecule has 6 nitrogen and oxygen atoms in total. The van der Waals surface area contributed by atoms with E-state index in [1.807, 2.05) is 31.2 Å². The predicted octanol–water partition coefficient (Wildman–Crippen LogP) is 5.44. The lowest BCUT2D eigenvalue weighted by Gasteiger charge is -2.28. The molecule has 5 aromatic rings. The van der Waals surface area contributed by atoms with Gasteiger partial charge in [0.1, 0.15) is 0 Å². The maximum absolute atomic E-state index is 13.3. The van der Waals surface area contributed by atoms with E-state index in [0.717, 1.165) is 45.2 Å². The Morgan fingerprint density at radius 2 is 1.00 bits per heavy atom. The van der Waals surface area contributed by atoms with Crippen LogP contribution >= 0.6 is 0 Å². The topological polar surface area (TPSA) is 80.8 Å². The molecular weight excluding hydrogens is 430 g/mol. The van der Waals surface area contributed by atoms with Gasteiger partial charge in [0.15, 0.2) is 0 Å². The molecule has 7 rings (SSSR count). The number of nitrogens with zero attached hydrogens (tertiary/aromatic N) is 1. The molecule has 5 aromatic carbocycles. The highest BCUT2D eigenvalue weighted by molar-refractivity contribution is 6.40. The zero-order chi connectivity index (χ0) is 23.3. The zero-order valence-corrected chi connectivity index (χ0v) is 18.2. The van der Waals surface area contributed by atoms with Gasteiger partial charge in [0, 0.05) is 28.4 Å². The molecule has 0 unspecified atom stereocenters. The van der Waals surface area contributed by atoms with Crippen LogP contribution in [0.3, 0.4) is 0 Å². The fraction of sp³-hybridized carbons (Fsp3) is 0.143. The van der Waals surface area contributed by atoms with Gasteiger partial charge in [0.25, 0.3) is 11.8 Å². The molecule has 2 aliphatic heterocycles. The number of imide groups is 1. The van der Waals surface area contributed by atoms with Gasteiger partial charge in [-0.3, -0.25) is 14.5 Å². The summed E-state index contributed by atoms with van der Waals surface area (Å²) in [4.78, 5) is 52.8. The van der Waals surface area contributed by atoms with Gasteiger partial charge >= 0.3 is 11.9 Å². The second-order valence-electron chi connectivity index (χ2n) is 8.94. The van der Waals surface area contributed by atoms with E-state index in [1.54, 1.807) is 24.3 Å². The van der Waals surface area contributed by atoms with E-state index in [2.05, 4.69) is 0 Å². The highest BCUT2D eigenvalue weighted by Crippen LogP contribution is 2.45. The Labute approximate surface area is 193 Å². The molecule has 6 heteroatoms. The molecule has 164 valence electrons. The second kappa shape index (κ2) is 6.38. The number of amides is 2. The minimum absolute atomic E-state index is 0.265. The van der Waals surface area contributed by atoms with Crippen molar-refractivity contribution in [2.75, 3.05) is 6.54 Å². The summed E-state index contributed by atoms with van der Waals surface area (Å²) < 4.78 is 4.92. The van der Waals surface area contributed by atoms with E-state index in [9.17, 15) is 19.2 Å². The molecule has 0 aliphatic carbocycles. The first-order valence-corrected chi connectivity index (χ1v) is 11.3. The van der Waals surface area contributed by atoms with Crippen LogP contribution in [-0.2, 0) is 4.74 Å². The lowest BCUT2D eigenvalue weighted by molar-refractivity contribution is 0.0390. The molecule has 0 bridgehead atoms. The van der Waals surface area contributed by atoms with Crippen LogP contribution in [0.1, 0.15) is 61.2 Å². The quantitative estimate of drug-likeness (QED) is 0.121. The smallest absolute Gasteiger partial charge is 0.346 e. The molecule has 0 aromatic heterocycles. The Kier molecular flexibility index (Phi) is 3.60. The fourth-order valence-corrected chi connectivity index (χ4v) is 5.68. The maximum Gasteiger partial charge on any atom is 0.346 e. The van der Waals surface area contributed by atoms with Gasteiger partial charge in [-0.2, -0.15) is 0 Å². The average Bonchev–Trinajstić information content (AvgIpc) is 2.84. The first-order valence-electron chi connectivity index (χ1n) is 11.3. The number of rotatable bonds is 3. The van der Waals surface area contributed by atoms with Crippen LogP contribution in [-0.4, -0.2) is 35.2 Å². The largest absolute Gasteiger partial charge is 0.386 e. The molecule has 0 radical (unpaired) electrons. The van der Waals surface area contributed by atoms with Gasteiger partial charge in [0.05, 0.1) is 11.1 Å². The van der Waals surface area contributed by atoms with E-state index in [4.69, 9.17) is 4.74 Å². The minimum Gasteiger partial charge on any atom is -0.386 e. The third-order valence-electron chi connectivity index (χ3n) is 7.21. The number of ether oxygens (including phenoxy) is 1. The molecule has 0 spiro atoms. The van der Waals surface area contributed by atoms with Crippen molar-refractivity contribution in [2.45, 2.75) is 19.8 Å². The van der Waals surface area contributed by atoms with Gasteiger partial charge in [-0.1, -0.05) is 37.6 Å². The number of unbranched alkanes of at least 4 members (excludes halogenated alkanes) is 1. The molecule has 34 heavy (non-hydrogen) atoms. The zero-order valence-electron chi connectivity index (χ0n) is 18.2. The summed E-state index contributed by atoms with van der Waals surface area (Å²) in [5.41, 5.74) is 1.78. The second-order valence-corrected chi connectivity index (χ2v) is 8.94. The molecule has 2 amide bonds. The van der Waals surface area contributed by atoms with Crippen molar-refractivity contribution in [3.05, 3.63) is 70.8 Å².